The number of ether oxygens (including phenoxy) is 1. The van der Waals surface area contributed by atoms with Crippen molar-refractivity contribution < 1.29 is 35.6 Å². The van der Waals surface area contributed by atoms with Crippen LogP contribution in [0.15, 0.2) is 59.0 Å². The maximum atomic E-state index is 14.1. The Morgan fingerprint density at radius 2 is 1.70 bits per heavy atom. The quantitative estimate of drug-likeness (QED) is 0.309. The summed E-state index contributed by atoms with van der Waals surface area (Å²) >= 11 is 0. The molecule has 252 valence electrons. The third kappa shape index (κ3) is 8.21. The topological polar surface area (TPSA) is 165 Å². The van der Waals surface area contributed by atoms with Gasteiger partial charge in [0.1, 0.15) is 11.9 Å². The van der Waals surface area contributed by atoms with E-state index in [1.807, 2.05) is 0 Å². The summed E-state index contributed by atoms with van der Waals surface area (Å²) in [5.74, 6) is -1.47. The molecule has 0 radical (unpaired) electrons. The molecule has 1 heterocycles. The van der Waals surface area contributed by atoms with E-state index in [-0.39, 0.29) is 36.1 Å². The first kappa shape index (κ1) is 35.7. The molecule has 0 aromatic heterocycles. The van der Waals surface area contributed by atoms with Crippen LogP contribution in [-0.4, -0.2) is 76.6 Å². The molecule has 2 amide bonds. The van der Waals surface area contributed by atoms with Crippen molar-refractivity contribution in [2.24, 2.45) is 5.73 Å². The van der Waals surface area contributed by atoms with Gasteiger partial charge in [-0.15, -0.1) is 0 Å². The number of nitrogens with one attached hydrogen (secondary N) is 2. The molecule has 46 heavy (non-hydrogen) atoms. The van der Waals surface area contributed by atoms with Gasteiger partial charge in [-0.3, -0.25) is 9.59 Å². The number of likely N-dealkylation sites (N-methyl/N-ethyl adjacent to an activating group) is 1. The van der Waals surface area contributed by atoms with Gasteiger partial charge >= 0.3 is 0 Å². The first-order chi connectivity index (χ1) is 21.5. The van der Waals surface area contributed by atoms with E-state index in [0.717, 1.165) is 25.5 Å². The van der Waals surface area contributed by atoms with Gasteiger partial charge in [-0.25, -0.2) is 25.9 Å². The van der Waals surface area contributed by atoms with Gasteiger partial charge in [0.25, 0.3) is 0 Å². The second kappa shape index (κ2) is 13.9. The summed E-state index contributed by atoms with van der Waals surface area (Å²) < 4.78 is 73.7. The molecule has 0 bridgehead atoms. The Morgan fingerprint density at radius 1 is 1.09 bits per heavy atom. The fraction of sp³-hybridized carbons (Fsp3) is 0.500. The van der Waals surface area contributed by atoms with Gasteiger partial charge in [0.05, 0.1) is 34.1 Å². The molecule has 2 aromatic rings. The SMILES string of the molecule is CCN(CC1=C(c2ccc(S(C)(=O)=O)cc2)S(=O)(=O)NC12CCCCC2)C(=O)[C@@H](COCc1ccc(F)cc1)NC(=O)C(C)(C)N. The van der Waals surface area contributed by atoms with Crippen molar-refractivity contribution in [2.45, 2.75) is 81.5 Å². The lowest BCUT2D eigenvalue weighted by Crippen LogP contribution is -2.58. The summed E-state index contributed by atoms with van der Waals surface area (Å²) in [6.45, 7) is 4.76. The van der Waals surface area contributed by atoms with Crippen molar-refractivity contribution in [1.29, 1.82) is 0 Å². The molecule has 14 heteroatoms. The number of amides is 2. The molecule has 11 nitrogen and oxygen atoms in total. The Hall–Kier alpha value is -3.17. The Bertz CT molecular complexity index is 1680. The number of rotatable bonds is 12. The largest absolute Gasteiger partial charge is 0.374 e. The van der Waals surface area contributed by atoms with Crippen molar-refractivity contribution in [1.82, 2.24) is 14.9 Å². The van der Waals surface area contributed by atoms with E-state index in [2.05, 4.69) is 10.0 Å². The van der Waals surface area contributed by atoms with E-state index in [9.17, 15) is 30.8 Å². The Balaban J connectivity index is 1.70. The minimum atomic E-state index is -4.03. The van der Waals surface area contributed by atoms with Gasteiger partial charge in [-0.2, -0.15) is 0 Å². The second-order valence-corrected chi connectivity index (χ2v) is 16.2. The number of sulfone groups is 1. The number of hydrogen-bond acceptors (Lipinski definition) is 8. The lowest BCUT2D eigenvalue weighted by Gasteiger charge is -2.38. The smallest absolute Gasteiger partial charge is 0.247 e. The zero-order valence-corrected chi connectivity index (χ0v) is 28.3. The lowest BCUT2D eigenvalue weighted by atomic mass is 9.76. The number of carbonyl (C=O) groups is 2. The highest BCUT2D eigenvalue weighted by Gasteiger charge is 2.50. The van der Waals surface area contributed by atoms with Crippen LogP contribution in [0.25, 0.3) is 4.91 Å². The van der Waals surface area contributed by atoms with Crippen molar-refractivity contribution in [3.63, 3.8) is 0 Å². The highest BCUT2D eigenvalue weighted by atomic mass is 32.2. The van der Waals surface area contributed by atoms with E-state index in [0.29, 0.717) is 29.5 Å². The fourth-order valence-corrected chi connectivity index (χ4v) is 8.47. The normalized spacial score (nSPS) is 18.4. The molecule has 1 fully saturated rings. The van der Waals surface area contributed by atoms with Crippen LogP contribution >= 0.6 is 0 Å². The number of sulfonamides is 1. The van der Waals surface area contributed by atoms with Crippen LogP contribution in [0.3, 0.4) is 0 Å². The third-order valence-electron chi connectivity index (χ3n) is 8.40. The monoisotopic (exact) mass is 678 g/mol. The van der Waals surface area contributed by atoms with Gasteiger partial charge in [-0.05, 0) is 74.6 Å². The molecular weight excluding hydrogens is 636 g/mol. The number of halogens is 1. The third-order valence-corrected chi connectivity index (χ3v) is 11.2. The molecule has 0 saturated heterocycles. The van der Waals surface area contributed by atoms with Crippen molar-refractivity contribution >= 4 is 36.6 Å². The summed E-state index contributed by atoms with van der Waals surface area (Å²) in [4.78, 5) is 28.6. The molecule has 1 aliphatic heterocycles. The highest BCUT2D eigenvalue weighted by molar-refractivity contribution is 7.99. The zero-order chi connectivity index (χ0) is 33.9. The summed E-state index contributed by atoms with van der Waals surface area (Å²) in [6.07, 6.45) is 4.68. The van der Waals surface area contributed by atoms with Crippen molar-refractivity contribution in [2.75, 3.05) is 26.0 Å². The van der Waals surface area contributed by atoms with E-state index in [4.69, 9.17) is 10.5 Å². The lowest BCUT2D eigenvalue weighted by molar-refractivity contribution is -0.139. The predicted octanol–water partition coefficient (Wildman–Crippen LogP) is 2.86. The molecule has 4 rings (SSSR count). The van der Waals surface area contributed by atoms with Crippen LogP contribution in [0, 0.1) is 5.82 Å². The number of benzene rings is 2. The maximum Gasteiger partial charge on any atom is 0.247 e. The van der Waals surface area contributed by atoms with E-state index >= 15 is 0 Å². The van der Waals surface area contributed by atoms with E-state index in [1.165, 1.54) is 55.1 Å². The van der Waals surface area contributed by atoms with Gasteiger partial charge in [-0.1, -0.05) is 43.5 Å². The highest BCUT2D eigenvalue weighted by Crippen LogP contribution is 2.46. The Morgan fingerprint density at radius 3 is 2.24 bits per heavy atom. The van der Waals surface area contributed by atoms with Crippen molar-refractivity contribution in [3.05, 3.63) is 71.0 Å². The van der Waals surface area contributed by atoms with Crippen LogP contribution in [0.5, 0.6) is 0 Å². The average Bonchev–Trinajstić information content (AvgIpc) is 3.19. The Kier molecular flexibility index (Phi) is 10.8. The van der Waals surface area contributed by atoms with Crippen LogP contribution in [0.2, 0.25) is 0 Å². The first-order valence-electron chi connectivity index (χ1n) is 15.3. The van der Waals surface area contributed by atoms with Crippen LogP contribution in [-0.2, 0) is 40.8 Å². The van der Waals surface area contributed by atoms with Crippen LogP contribution in [0.1, 0.15) is 64.0 Å². The Labute approximate surface area is 270 Å². The standard InChI is InChI=1S/C32H43FN4O7S2/c1-5-37(29(38)27(35-30(39)31(2,3)34)21-44-20-22-9-13-24(33)14-10-22)19-26-28(23-11-15-25(16-12-23)45(4,40)41)46(42,43)36-32(26)17-7-6-8-18-32/h9-16,27,36H,5-8,17-21,34H2,1-4H3,(H,35,39)/t27-/m1/s1. The average molecular weight is 679 g/mol. The van der Waals surface area contributed by atoms with Crippen LogP contribution < -0.4 is 15.8 Å². The first-order valence-corrected chi connectivity index (χ1v) is 18.6. The molecule has 1 saturated carbocycles. The zero-order valence-electron chi connectivity index (χ0n) is 26.6. The molecule has 0 unspecified atom stereocenters. The summed E-state index contributed by atoms with van der Waals surface area (Å²) in [5, 5.41) is 2.70. The second-order valence-electron chi connectivity index (χ2n) is 12.6. The van der Waals surface area contributed by atoms with E-state index in [1.54, 1.807) is 19.1 Å². The molecule has 2 aromatic carbocycles. The van der Waals surface area contributed by atoms with Crippen molar-refractivity contribution in [3.8, 4) is 0 Å². The minimum Gasteiger partial charge on any atom is -0.374 e. The molecule has 2 aliphatic rings. The maximum absolute atomic E-state index is 14.1. The number of hydrogen-bond donors (Lipinski definition) is 3. The predicted molar refractivity (Wildman–Crippen MR) is 173 cm³/mol. The van der Waals surface area contributed by atoms with Gasteiger partial charge in [0.2, 0.25) is 21.8 Å². The molecular formula is C32H43FN4O7S2. The number of nitrogens with zero attached hydrogens (tertiary/aromatic N) is 1. The van der Waals surface area contributed by atoms with E-state index < -0.39 is 54.6 Å². The van der Waals surface area contributed by atoms with Gasteiger partial charge in [0, 0.05) is 19.3 Å². The summed E-state index contributed by atoms with van der Waals surface area (Å²) in [5.41, 5.74) is 5.31. The molecule has 1 atom stereocenters. The van der Waals surface area contributed by atoms with Gasteiger partial charge < -0.3 is 20.7 Å². The summed E-state index contributed by atoms with van der Waals surface area (Å²) in [6, 6.07) is 10.2. The summed E-state index contributed by atoms with van der Waals surface area (Å²) in [7, 11) is -7.54. The number of nitrogens with two attached hydrogens (primary N) is 1. The molecule has 4 N–H and O–H groups in total. The van der Waals surface area contributed by atoms with Gasteiger partial charge in [0.15, 0.2) is 9.84 Å². The number of carbonyl (C=O) groups excluding carboxylic acids is 2. The van der Waals surface area contributed by atoms with Crippen LogP contribution in [0.4, 0.5) is 4.39 Å². The fourth-order valence-electron chi connectivity index (χ4n) is 5.87. The minimum absolute atomic E-state index is 0.0249. The molecule has 1 aliphatic carbocycles. The molecule has 1 spiro atoms.